The van der Waals surface area contributed by atoms with E-state index < -0.39 is 0 Å². The standard InChI is InChI=1S/2C15H20P.2ClH.Ti/c2*1-11(2)16(12(3)4)15-9-13-7-5-6-8-14(13)10-15;;;/h2*5-12H,1-4H3;2*1H;/q2*-1;;;+4/p-2. The van der Waals surface area contributed by atoms with Crippen LogP contribution in [0.25, 0.3) is 21.5 Å². The summed E-state index contributed by atoms with van der Waals surface area (Å²) in [6.45, 7) is 18.8. The summed E-state index contributed by atoms with van der Waals surface area (Å²) in [5.74, 6) is 0. The van der Waals surface area contributed by atoms with Crippen LogP contribution in [0.3, 0.4) is 0 Å². The van der Waals surface area contributed by atoms with Gasteiger partial charge in [-0.15, -0.1) is 80.7 Å². The van der Waals surface area contributed by atoms with Crippen molar-refractivity contribution in [1.82, 2.24) is 0 Å². The molecule has 4 aromatic carbocycles. The van der Waals surface area contributed by atoms with Crippen molar-refractivity contribution < 1.29 is 46.5 Å². The van der Waals surface area contributed by atoms with E-state index in [0.717, 1.165) is 22.6 Å². The van der Waals surface area contributed by atoms with E-state index in [1.54, 1.807) is 10.6 Å². The van der Waals surface area contributed by atoms with Crippen LogP contribution >= 0.6 is 15.8 Å². The predicted octanol–water partition coefficient (Wildman–Crippen LogP) is 2.97. The van der Waals surface area contributed by atoms with Crippen molar-refractivity contribution in [2.24, 2.45) is 0 Å². The molecule has 0 aliphatic rings. The third kappa shape index (κ3) is 8.96. The summed E-state index contributed by atoms with van der Waals surface area (Å²) in [6.07, 6.45) is 0. The molecule has 0 bridgehead atoms. The molecule has 0 aliphatic carbocycles. The minimum absolute atomic E-state index is 0. The molecule has 0 N–H and O–H groups in total. The second-order valence-electron chi connectivity index (χ2n) is 9.87. The largest absolute Gasteiger partial charge is 4.00 e. The molecule has 4 aromatic rings. The number of rotatable bonds is 6. The monoisotopic (exact) mass is 580 g/mol. The van der Waals surface area contributed by atoms with E-state index >= 15 is 0 Å². The fraction of sp³-hybridized carbons (Fsp3) is 0.400. The van der Waals surface area contributed by atoms with Crippen LogP contribution in [0.1, 0.15) is 55.4 Å². The molecule has 0 atom stereocenters. The third-order valence-corrected chi connectivity index (χ3v) is 12.2. The molecular weight excluding hydrogens is 541 g/mol. The average Bonchev–Trinajstić information content (AvgIpc) is 3.30. The number of hydrogen-bond acceptors (Lipinski definition) is 0. The SMILES string of the molecule is CC(C)P(c1cc2ccccc2[cH-]1)C(C)C.CC(C)P(c1cc2ccccc2[cH-]1)C(C)C.[Cl-].[Cl-].[Ti+4]. The molecular formula is C30H40Cl2P2Ti. The van der Waals surface area contributed by atoms with Gasteiger partial charge in [0, 0.05) is 0 Å². The van der Waals surface area contributed by atoms with Gasteiger partial charge in [0.1, 0.15) is 0 Å². The molecule has 0 nitrogen and oxygen atoms in total. The van der Waals surface area contributed by atoms with Crippen molar-refractivity contribution >= 4 is 48.0 Å². The predicted molar refractivity (Wildman–Crippen MR) is 153 cm³/mol. The minimum Gasteiger partial charge on any atom is -1.00 e. The van der Waals surface area contributed by atoms with E-state index in [-0.39, 0.29) is 62.4 Å². The Kier molecular flexibility index (Phi) is 15.8. The molecule has 35 heavy (non-hydrogen) atoms. The maximum Gasteiger partial charge on any atom is 4.00 e. The molecule has 0 saturated carbocycles. The minimum atomic E-state index is -0.0206. The zero-order chi connectivity index (χ0) is 23.4. The first-order valence-corrected chi connectivity index (χ1v) is 15.0. The number of fused-ring (bicyclic) bond motifs is 2. The van der Waals surface area contributed by atoms with Crippen LogP contribution in [0, 0.1) is 0 Å². The Balaban J connectivity index is 0.000000608. The van der Waals surface area contributed by atoms with Gasteiger partial charge in [-0.2, -0.15) is 12.1 Å². The van der Waals surface area contributed by atoms with E-state index in [0.29, 0.717) is 0 Å². The van der Waals surface area contributed by atoms with Crippen LogP contribution in [-0.4, -0.2) is 22.6 Å². The van der Waals surface area contributed by atoms with Gasteiger partial charge in [-0.3, -0.25) is 0 Å². The first-order chi connectivity index (χ1) is 15.2. The van der Waals surface area contributed by atoms with Crippen LogP contribution in [0.2, 0.25) is 0 Å². The molecule has 5 heteroatoms. The van der Waals surface area contributed by atoms with Gasteiger partial charge < -0.3 is 24.8 Å². The fourth-order valence-electron chi connectivity index (χ4n) is 4.95. The van der Waals surface area contributed by atoms with Gasteiger partial charge in [-0.1, -0.05) is 83.4 Å². The molecule has 4 rings (SSSR count). The number of halogens is 2. The Morgan fingerprint density at radius 3 is 1.06 bits per heavy atom. The molecule has 0 saturated heterocycles. The van der Waals surface area contributed by atoms with Gasteiger partial charge in [0.2, 0.25) is 0 Å². The summed E-state index contributed by atoms with van der Waals surface area (Å²) >= 11 is 0. The van der Waals surface area contributed by atoms with E-state index in [1.807, 2.05) is 0 Å². The topological polar surface area (TPSA) is 0 Å². The summed E-state index contributed by atoms with van der Waals surface area (Å²) in [7, 11) is -0.0412. The first-order valence-electron chi connectivity index (χ1n) is 12.1. The molecule has 0 radical (unpaired) electrons. The zero-order valence-corrected chi connectivity index (χ0v) is 27.3. The van der Waals surface area contributed by atoms with Crippen molar-refractivity contribution in [2.45, 2.75) is 78.0 Å². The summed E-state index contributed by atoms with van der Waals surface area (Å²) in [5, 5.41) is 8.72. The van der Waals surface area contributed by atoms with Gasteiger partial charge in [0.15, 0.2) is 0 Å². The van der Waals surface area contributed by atoms with Crippen molar-refractivity contribution in [3.8, 4) is 0 Å². The number of benzene rings is 2. The molecule has 0 aliphatic heterocycles. The van der Waals surface area contributed by atoms with Crippen molar-refractivity contribution in [3.63, 3.8) is 0 Å². The Hall–Kier alpha value is -0.186. The summed E-state index contributed by atoms with van der Waals surface area (Å²) in [6, 6.07) is 26.9. The fourth-order valence-corrected chi connectivity index (χ4v) is 10.9. The van der Waals surface area contributed by atoms with Crippen LogP contribution in [0.15, 0.2) is 72.8 Å². The van der Waals surface area contributed by atoms with Crippen LogP contribution in [0.4, 0.5) is 0 Å². The molecule has 0 fully saturated rings. The Morgan fingerprint density at radius 1 is 0.514 bits per heavy atom. The molecule has 0 spiro atoms. The second kappa shape index (κ2) is 15.9. The van der Waals surface area contributed by atoms with E-state index in [1.165, 1.54) is 21.5 Å². The number of hydrogen-bond donors (Lipinski definition) is 0. The Labute approximate surface area is 244 Å². The second-order valence-corrected chi connectivity index (χ2v) is 16.7. The molecule has 188 valence electrons. The van der Waals surface area contributed by atoms with Crippen LogP contribution < -0.4 is 35.4 Å². The average molecular weight is 581 g/mol. The van der Waals surface area contributed by atoms with Gasteiger partial charge in [0.25, 0.3) is 0 Å². The van der Waals surface area contributed by atoms with Crippen molar-refractivity contribution in [2.75, 3.05) is 0 Å². The van der Waals surface area contributed by atoms with E-state index in [2.05, 4.69) is 128 Å². The van der Waals surface area contributed by atoms with Crippen molar-refractivity contribution in [3.05, 3.63) is 72.8 Å². The van der Waals surface area contributed by atoms with Gasteiger partial charge in [-0.25, -0.2) is 0 Å². The van der Waals surface area contributed by atoms with E-state index in [4.69, 9.17) is 0 Å². The molecule has 0 heterocycles. The Morgan fingerprint density at radius 2 is 0.800 bits per heavy atom. The van der Waals surface area contributed by atoms with Gasteiger partial charge in [0.05, 0.1) is 0 Å². The summed E-state index contributed by atoms with van der Waals surface area (Å²) < 4.78 is 0. The summed E-state index contributed by atoms with van der Waals surface area (Å²) in [4.78, 5) is 0. The third-order valence-electron chi connectivity index (χ3n) is 6.03. The molecule has 0 unspecified atom stereocenters. The quantitative estimate of drug-likeness (QED) is 0.187. The smallest absolute Gasteiger partial charge is 1.00 e. The normalized spacial score (nSPS) is 11.1. The van der Waals surface area contributed by atoms with Crippen molar-refractivity contribution in [1.29, 1.82) is 0 Å². The van der Waals surface area contributed by atoms with E-state index in [9.17, 15) is 0 Å². The maximum atomic E-state index is 2.39. The van der Waals surface area contributed by atoms with Crippen LogP contribution in [-0.2, 0) is 21.7 Å². The molecule has 0 amide bonds. The maximum absolute atomic E-state index is 2.39. The Bertz CT molecular complexity index is 956. The van der Waals surface area contributed by atoms with Gasteiger partial charge in [-0.05, 0) is 22.6 Å². The van der Waals surface area contributed by atoms with Crippen LogP contribution in [0.5, 0.6) is 0 Å². The first kappa shape index (κ1) is 34.8. The van der Waals surface area contributed by atoms with Gasteiger partial charge >= 0.3 is 21.7 Å². The summed E-state index contributed by atoms with van der Waals surface area (Å²) in [5.41, 5.74) is 3.08. The zero-order valence-electron chi connectivity index (χ0n) is 22.4. The molecule has 0 aromatic heterocycles.